The van der Waals surface area contributed by atoms with Gasteiger partial charge in [0.2, 0.25) is 0 Å². The normalized spacial score (nSPS) is 19.9. The van der Waals surface area contributed by atoms with Gasteiger partial charge < -0.3 is 14.5 Å². The second kappa shape index (κ2) is 4.91. The number of nitrogens with one attached hydrogen (secondary N) is 1. The predicted octanol–water partition coefficient (Wildman–Crippen LogP) is 3.76. The first-order chi connectivity index (χ1) is 10.3. The highest BCUT2D eigenvalue weighted by molar-refractivity contribution is 5.86. The zero-order valence-electron chi connectivity index (χ0n) is 11.5. The summed E-state index contributed by atoms with van der Waals surface area (Å²) in [5, 5.41) is 10.4. The van der Waals surface area contributed by atoms with Gasteiger partial charge in [-0.05, 0) is 42.8 Å². The molecular formula is C17H16N2O2. The minimum absolute atomic E-state index is 0.218. The quantitative estimate of drug-likeness (QED) is 0.842. The fraction of sp³-hybridized carbons (Fsp3) is 0.176. The lowest BCUT2D eigenvalue weighted by atomic mass is 10.1. The smallest absolute Gasteiger partial charge is 0.129 e. The molecule has 2 N–H and O–H groups in total. The molecule has 4 nitrogen and oxygen atoms in total. The first kappa shape index (κ1) is 12.4. The molecule has 1 aromatic carbocycles. The maximum absolute atomic E-state index is 9.25. The molecular weight excluding hydrogens is 264 g/mol. The van der Waals surface area contributed by atoms with Crippen LogP contribution in [0.25, 0.3) is 17.0 Å². The second-order valence-electron chi connectivity index (χ2n) is 5.29. The van der Waals surface area contributed by atoms with E-state index >= 15 is 0 Å². The van der Waals surface area contributed by atoms with E-state index < -0.39 is 0 Å². The minimum atomic E-state index is -0.218. The molecule has 2 heterocycles. The van der Waals surface area contributed by atoms with Crippen LogP contribution in [0.5, 0.6) is 5.75 Å². The van der Waals surface area contributed by atoms with Crippen LogP contribution in [0, 0.1) is 0 Å². The second-order valence-corrected chi connectivity index (χ2v) is 5.29. The summed E-state index contributed by atoms with van der Waals surface area (Å²) in [4.78, 5) is 0. The summed E-state index contributed by atoms with van der Waals surface area (Å²) in [5.41, 5.74) is 4.44. The molecule has 0 radical (unpaired) electrons. The lowest BCUT2D eigenvalue weighted by Gasteiger charge is -2.14. The minimum Gasteiger partial charge on any atom is -0.462 e. The number of allylic oxidation sites excluding steroid dienone is 4. The highest BCUT2D eigenvalue weighted by Gasteiger charge is 2.19. The lowest BCUT2D eigenvalue weighted by molar-refractivity contribution is 0.120. The van der Waals surface area contributed by atoms with Crippen molar-refractivity contribution in [1.82, 2.24) is 10.0 Å². The standard InChI is InChI=1S/C17H16N2O2/c20-18-17-9-7-13-10-12-6-8-15(11-16(12)19(13)17)21-14-4-2-1-3-5-14/h1-2,4,6-11,17-18,20H,3,5H2. The summed E-state index contributed by atoms with van der Waals surface area (Å²) in [6.45, 7) is 0. The maximum atomic E-state index is 9.25. The third-order valence-corrected chi connectivity index (χ3v) is 3.93. The molecule has 1 aromatic heterocycles. The fourth-order valence-electron chi connectivity index (χ4n) is 2.92. The number of ether oxygens (including phenoxy) is 1. The molecule has 1 unspecified atom stereocenters. The Morgan fingerprint density at radius 2 is 2.24 bits per heavy atom. The summed E-state index contributed by atoms with van der Waals surface area (Å²) in [6, 6.07) is 8.17. The van der Waals surface area contributed by atoms with Crippen LogP contribution in [-0.4, -0.2) is 9.77 Å². The van der Waals surface area contributed by atoms with Gasteiger partial charge in [-0.3, -0.25) is 0 Å². The van der Waals surface area contributed by atoms with Crippen molar-refractivity contribution in [1.29, 1.82) is 0 Å². The van der Waals surface area contributed by atoms with Gasteiger partial charge in [0.05, 0.1) is 5.52 Å². The van der Waals surface area contributed by atoms with Crippen molar-refractivity contribution < 1.29 is 9.94 Å². The van der Waals surface area contributed by atoms with Gasteiger partial charge >= 0.3 is 0 Å². The van der Waals surface area contributed by atoms with E-state index in [0.29, 0.717) is 0 Å². The number of hydrogen-bond donors (Lipinski definition) is 2. The Bertz CT molecular complexity index is 783. The van der Waals surface area contributed by atoms with Crippen molar-refractivity contribution in [3.8, 4) is 5.75 Å². The maximum Gasteiger partial charge on any atom is 0.129 e. The van der Waals surface area contributed by atoms with E-state index in [-0.39, 0.29) is 6.17 Å². The van der Waals surface area contributed by atoms with Gasteiger partial charge in [-0.1, -0.05) is 12.2 Å². The highest BCUT2D eigenvalue weighted by atomic mass is 16.5. The Morgan fingerprint density at radius 3 is 3.05 bits per heavy atom. The largest absolute Gasteiger partial charge is 0.462 e. The van der Waals surface area contributed by atoms with Crippen molar-refractivity contribution in [3.05, 3.63) is 60.0 Å². The van der Waals surface area contributed by atoms with Gasteiger partial charge in [-0.25, -0.2) is 0 Å². The SMILES string of the molecule is ONC1C=Cc2cc3ccc(OC4=CC=CCC4)cc3n21. The predicted molar refractivity (Wildman–Crippen MR) is 82.0 cm³/mol. The average Bonchev–Trinajstić information content (AvgIpc) is 3.07. The molecule has 1 aliphatic heterocycles. The van der Waals surface area contributed by atoms with Crippen LogP contribution in [0.1, 0.15) is 24.7 Å². The van der Waals surface area contributed by atoms with E-state index in [2.05, 4.69) is 28.3 Å². The van der Waals surface area contributed by atoms with Crippen LogP contribution >= 0.6 is 0 Å². The van der Waals surface area contributed by atoms with Crippen LogP contribution in [0.4, 0.5) is 0 Å². The number of benzene rings is 1. The number of hydrogen-bond acceptors (Lipinski definition) is 3. The Morgan fingerprint density at radius 1 is 1.29 bits per heavy atom. The Kier molecular flexibility index (Phi) is 2.91. The van der Waals surface area contributed by atoms with Crippen molar-refractivity contribution >= 4 is 17.0 Å². The number of rotatable bonds is 3. The van der Waals surface area contributed by atoms with Gasteiger partial charge in [0.1, 0.15) is 17.7 Å². The van der Waals surface area contributed by atoms with Gasteiger partial charge in [0.25, 0.3) is 0 Å². The number of hydroxylamine groups is 1. The molecule has 0 saturated carbocycles. The summed E-state index contributed by atoms with van der Waals surface area (Å²) in [5.74, 6) is 1.81. The number of fused-ring (bicyclic) bond motifs is 3. The van der Waals surface area contributed by atoms with Gasteiger partial charge in [0, 0.05) is 23.6 Å². The fourth-order valence-corrected chi connectivity index (χ4v) is 2.92. The first-order valence-electron chi connectivity index (χ1n) is 7.11. The van der Waals surface area contributed by atoms with E-state index in [0.717, 1.165) is 40.9 Å². The molecule has 0 spiro atoms. The zero-order valence-corrected chi connectivity index (χ0v) is 11.5. The van der Waals surface area contributed by atoms with Crippen molar-refractivity contribution in [2.45, 2.75) is 19.0 Å². The molecule has 21 heavy (non-hydrogen) atoms. The van der Waals surface area contributed by atoms with Crippen LogP contribution in [0.3, 0.4) is 0 Å². The molecule has 1 atom stereocenters. The van der Waals surface area contributed by atoms with Crippen molar-refractivity contribution in [2.24, 2.45) is 0 Å². The van der Waals surface area contributed by atoms with E-state index in [4.69, 9.17) is 4.74 Å². The molecule has 1 aliphatic carbocycles. The van der Waals surface area contributed by atoms with Gasteiger partial charge in [0.15, 0.2) is 0 Å². The molecule has 4 rings (SSSR count). The molecule has 4 heteroatoms. The molecule has 0 fully saturated rings. The number of nitrogens with zero attached hydrogens (tertiary/aromatic N) is 1. The Labute approximate surface area is 122 Å². The third kappa shape index (κ3) is 2.09. The van der Waals surface area contributed by atoms with Crippen LogP contribution < -0.4 is 10.2 Å². The van der Waals surface area contributed by atoms with E-state index in [9.17, 15) is 5.21 Å². The summed E-state index contributed by atoms with van der Waals surface area (Å²) < 4.78 is 8.01. The molecule has 0 bridgehead atoms. The van der Waals surface area contributed by atoms with E-state index in [1.807, 2.05) is 36.4 Å². The summed E-state index contributed by atoms with van der Waals surface area (Å²) in [6.07, 6.45) is 11.8. The summed E-state index contributed by atoms with van der Waals surface area (Å²) >= 11 is 0. The Balaban J connectivity index is 1.73. The van der Waals surface area contributed by atoms with Crippen molar-refractivity contribution in [3.63, 3.8) is 0 Å². The van der Waals surface area contributed by atoms with Gasteiger partial charge in [-0.2, -0.15) is 5.48 Å². The first-order valence-corrected chi connectivity index (χ1v) is 7.11. The average molecular weight is 280 g/mol. The molecule has 106 valence electrons. The topological polar surface area (TPSA) is 46.4 Å². The lowest BCUT2D eigenvalue weighted by Crippen LogP contribution is -2.19. The van der Waals surface area contributed by atoms with Crippen LogP contribution in [0.15, 0.2) is 54.3 Å². The molecule has 2 aromatic rings. The van der Waals surface area contributed by atoms with E-state index in [1.165, 1.54) is 0 Å². The van der Waals surface area contributed by atoms with Crippen molar-refractivity contribution in [2.75, 3.05) is 0 Å². The van der Waals surface area contributed by atoms with Crippen LogP contribution in [-0.2, 0) is 0 Å². The summed E-state index contributed by atoms with van der Waals surface area (Å²) in [7, 11) is 0. The van der Waals surface area contributed by atoms with E-state index in [1.54, 1.807) is 0 Å². The molecule has 0 saturated heterocycles. The third-order valence-electron chi connectivity index (χ3n) is 3.93. The Hall–Kier alpha value is -2.30. The number of aromatic nitrogens is 1. The highest BCUT2D eigenvalue weighted by Crippen LogP contribution is 2.32. The van der Waals surface area contributed by atoms with Gasteiger partial charge in [-0.15, -0.1) is 0 Å². The monoisotopic (exact) mass is 280 g/mol. The van der Waals surface area contributed by atoms with Crippen LogP contribution in [0.2, 0.25) is 0 Å². The molecule has 0 amide bonds. The zero-order chi connectivity index (χ0) is 14.2. The molecule has 2 aliphatic rings.